The third kappa shape index (κ3) is 6.48. The zero-order valence-corrected chi connectivity index (χ0v) is 17.0. The van der Waals surface area contributed by atoms with Crippen molar-refractivity contribution in [1.29, 1.82) is 0 Å². The van der Waals surface area contributed by atoms with Gasteiger partial charge in [-0.2, -0.15) is 5.10 Å². The number of aromatic nitrogens is 3. The van der Waals surface area contributed by atoms with Crippen molar-refractivity contribution in [3.05, 3.63) is 42.2 Å². The van der Waals surface area contributed by atoms with Crippen LogP contribution in [0, 0.1) is 5.82 Å². The number of nitrogens with one attached hydrogen (secondary N) is 1. The standard InChI is InChI=1S/C16H23FN6O.HI/c1-4-18-16(19-11-15-20-12-21-23(15)3)22(2)9-10-24-14-8-6-5-7-13(14)17;/h5-8,12H,4,9-11H2,1-3H3,(H,18,19);1H. The molecule has 0 aliphatic heterocycles. The Labute approximate surface area is 164 Å². The second kappa shape index (κ2) is 10.9. The average Bonchev–Trinajstić information content (AvgIpc) is 2.98. The van der Waals surface area contributed by atoms with Crippen LogP contribution in [0.4, 0.5) is 4.39 Å². The van der Waals surface area contributed by atoms with Crippen LogP contribution in [0.3, 0.4) is 0 Å². The van der Waals surface area contributed by atoms with E-state index in [1.807, 2.05) is 25.9 Å². The first-order valence-corrected chi connectivity index (χ1v) is 7.81. The Morgan fingerprint density at radius 3 is 2.80 bits per heavy atom. The summed E-state index contributed by atoms with van der Waals surface area (Å²) in [7, 11) is 3.74. The fraction of sp³-hybridized carbons (Fsp3) is 0.438. The van der Waals surface area contributed by atoms with Crippen LogP contribution in [-0.4, -0.2) is 52.4 Å². The van der Waals surface area contributed by atoms with Gasteiger partial charge in [0.2, 0.25) is 0 Å². The predicted octanol–water partition coefficient (Wildman–Crippen LogP) is 2.05. The second-order valence-corrected chi connectivity index (χ2v) is 5.17. The molecule has 7 nitrogen and oxygen atoms in total. The summed E-state index contributed by atoms with van der Waals surface area (Å²) >= 11 is 0. The summed E-state index contributed by atoms with van der Waals surface area (Å²) in [5.41, 5.74) is 0. The van der Waals surface area contributed by atoms with E-state index in [0.29, 0.717) is 19.7 Å². The van der Waals surface area contributed by atoms with Crippen molar-refractivity contribution in [2.24, 2.45) is 12.0 Å². The summed E-state index contributed by atoms with van der Waals surface area (Å²) in [6.45, 7) is 4.10. The molecule has 0 atom stereocenters. The predicted molar refractivity (Wildman–Crippen MR) is 106 cm³/mol. The summed E-state index contributed by atoms with van der Waals surface area (Å²) in [4.78, 5) is 10.6. The first kappa shape index (κ1) is 21.1. The van der Waals surface area contributed by atoms with E-state index in [-0.39, 0.29) is 35.5 Å². The summed E-state index contributed by atoms with van der Waals surface area (Å²) in [5, 5.41) is 7.24. The molecule has 138 valence electrons. The van der Waals surface area contributed by atoms with Crippen molar-refractivity contribution < 1.29 is 9.13 Å². The van der Waals surface area contributed by atoms with Gasteiger partial charge >= 0.3 is 0 Å². The van der Waals surface area contributed by atoms with E-state index in [4.69, 9.17) is 4.74 Å². The molecule has 1 aromatic carbocycles. The molecule has 2 aromatic rings. The van der Waals surface area contributed by atoms with Gasteiger partial charge in [-0.25, -0.2) is 14.4 Å². The quantitative estimate of drug-likeness (QED) is 0.388. The number of hydrogen-bond donors (Lipinski definition) is 1. The van der Waals surface area contributed by atoms with Crippen molar-refractivity contribution >= 4 is 29.9 Å². The van der Waals surface area contributed by atoms with E-state index in [1.54, 1.807) is 22.9 Å². The molecule has 1 N–H and O–H groups in total. The van der Waals surface area contributed by atoms with E-state index in [2.05, 4.69) is 20.4 Å². The minimum atomic E-state index is -0.358. The third-order valence-corrected chi connectivity index (χ3v) is 3.39. The van der Waals surface area contributed by atoms with Crippen LogP contribution in [0.5, 0.6) is 5.75 Å². The van der Waals surface area contributed by atoms with Gasteiger partial charge in [-0.15, -0.1) is 24.0 Å². The van der Waals surface area contributed by atoms with Crippen molar-refractivity contribution in [2.75, 3.05) is 26.7 Å². The Hall–Kier alpha value is -1.91. The van der Waals surface area contributed by atoms with Gasteiger partial charge in [0.1, 0.15) is 25.3 Å². The number of halogens is 2. The molecule has 0 aliphatic rings. The highest BCUT2D eigenvalue weighted by atomic mass is 127. The lowest BCUT2D eigenvalue weighted by Crippen LogP contribution is -2.41. The molecule has 2 rings (SSSR count). The largest absolute Gasteiger partial charge is 0.489 e. The number of benzene rings is 1. The SMILES string of the molecule is CCNC(=NCc1ncnn1C)N(C)CCOc1ccccc1F.I. The molecule has 0 fully saturated rings. The van der Waals surface area contributed by atoms with E-state index in [9.17, 15) is 4.39 Å². The molecule has 0 unspecified atom stereocenters. The van der Waals surface area contributed by atoms with E-state index < -0.39 is 0 Å². The van der Waals surface area contributed by atoms with Crippen molar-refractivity contribution in [3.8, 4) is 5.75 Å². The van der Waals surface area contributed by atoms with Gasteiger partial charge in [-0.3, -0.25) is 4.68 Å². The van der Waals surface area contributed by atoms with Crippen LogP contribution < -0.4 is 10.1 Å². The molecule has 1 heterocycles. The van der Waals surface area contributed by atoms with Gasteiger partial charge < -0.3 is 15.0 Å². The number of likely N-dealkylation sites (N-methyl/N-ethyl adjacent to an activating group) is 1. The highest BCUT2D eigenvalue weighted by molar-refractivity contribution is 14.0. The number of ether oxygens (including phenoxy) is 1. The van der Waals surface area contributed by atoms with E-state index >= 15 is 0 Å². The van der Waals surface area contributed by atoms with Crippen LogP contribution in [0.25, 0.3) is 0 Å². The van der Waals surface area contributed by atoms with Crippen LogP contribution >= 0.6 is 24.0 Å². The zero-order chi connectivity index (χ0) is 17.4. The van der Waals surface area contributed by atoms with Crippen molar-refractivity contribution in [3.63, 3.8) is 0 Å². The number of para-hydroxylation sites is 1. The molecule has 0 amide bonds. The lowest BCUT2D eigenvalue weighted by atomic mass is 10.3. The normalized spacial score (nSPS) is 11.0. The maximum absolute atomic E-state index is 13.5. The maximum atomic E-state index is 13.5. The lowest BCUT2D eigenvalue weighted by molar-refractivity contribution is 0.270. The molecule has 1 aromatic heterocycles. The van der Waals surface area contributed by atoms with Gasteiger partial charge in [0.15, 0.2) is 17.5 Å². The lowest BCUT2D eigenvalue weighted by Gasteiger charge is -2.22. The number of guanidine groups is 1. The second-order valence-electron chi connectivity index (χ2n) is 5.17. The van der Waals surface area contributed by atoms with Gasteiger partial charge in [0.05, 0.1) is 6.54 Å². The van der Waals surface area contributed by atoms with E-state index in [0.717, 1.165) is 18.3 Å². The minimum absolute atomic E-state index is 0. The Kier molecular flexibility index (Phi) is 9.17. The molecule has 0 spiro atoms. The Bertz CT molecular complexity index is 678. The van der Waals surface area contributed by atoms with Crippen molar-refractivity contribution in [2.45, 2.75) is 13.5 Å². The summed E-state index contributed by atoms with van der Waals surface area (Å²) in [6, 6.07) is 6.37. The molecular weight excluding hydrogens is 438 g/mol. The number of aliphatic imine (C=N–C) groups is 1. The third-order valence-electron chi connectivity index (χ3n) is 3.39. The van der Waals surface area contributed by atoms with Gasteiger partial charge in [-0.05, 0) is 19.1 Å². The van der Waals surface area contributed by atoms with Gasteiger partial charge in [0.25, 0.3) is 0 Å². The fourth-order valence-corrected chi connectivity index (χ4v) is 2.04. The van der Waals surface area contributed by atoms with Crippen molar-refractivity contribution in [1.82, 2.24) is 25.0 Å². The average molecular weight is 462 g/mol. The summed E-state index contributed by atoms with van der Waals surface area (Å²) < 4.78 is 20.7. The summed E-state index contributed by atoms with van der Waals surface area (Å²) in [5.74, 6) is 1.41. The van der Waals surface area contributed by atoms with Gasteiger partial charge in [-0.1, -0.05) is 12.1 Å². The van der Waals surface area contributed by atoms with E-state index in [1.165, 1.54) is 12.4 Å². The van der Waals surface area contributed by atoms with Crippen LogP contribution in [-0.2, 0) is 13.6 Å². The van der Waals surface area contributed by atoms with Gasteiger partial charge in [0, 0.05) is 20.6 Å². The fourth-order valence-electron chi connectivity index (χ4n) is 2.04. The van der Waals surface area contributed by atoms with Crippen LogP contribution in [0.2, 0.25) is 0 Å². The number of rotatable bonds is 7. The smallest absolute Gasteiger partial charge is 0.194 e. The minimum Gasteiger partial charge on any atom is -0.489 e. The Morgan fingerprint density at radius 2 is 2.16 bits per heavy atom. The Balaban J connectivity index is 0.00000312. The topological polar surface area (TPSA) is 67.6 Å². The molecule has 0 saturated heterocycles. The highest BCUT2D eigenvalue weighted by Gasteiger charge is 2.08. The van der Waals surface area contributed by atoms with Crippen LogP contribution in [0.15, 0.2) is 35.6 Å². The summed E-state index contributed by atoms with van der Waals surface area (Å²) in [6.07, 6.45) is 1.50. The molecule has 0 bridgehead atoms. The molecular formula is C16H24FIN6O. The maximum Gasteiger partial charge on any atom is 0.194 e. The Morgan fingerprint density at radius 1 is 1.40 bits per heavy atom. The molecule has 9 heteroatoms. The first-order chi connectivity index (χ1) is 11.6. The highest BCUT2D eigenvalue weighted by Crippen LogP contribution is 2.14. The number of aryl methyl sites for hydroxylation is 1. The number of hydrogen-bond acceptors (Lipinski definition) is 4. The molecule has 0 radical (unpaired) electrons. The zero-order valence-electron chi connectivity index (χ0n) is 14.6. The van der Waals surface area contributed by atoms with Crippen LogP contribution in [0.1, 0.15) is 12.7 Å². The molecule has 0 saturated carbocycles. The molecule has 25 heavy (non-hydrogen) atoms. The first-order valence-electron chi connectivity index (χ1n) is 7.81. The molecule has 0 aliphatic carbocycles. The number of nitrogens with zero attached hydrogens (tertiary/aromatic N) is 5. The monoisotopic (exact) mass is 462 g/mol.